The number of hydrazine groups is 1. The molecule has 0 saturated carbocycles. The number of ether oxygens (including phenoxy) is 1. The van der Waals surface area contributed by atoms with Gasteiger partial charge in [0.1, 0.15) is 0 Å². The molecule has 0 aliphatic heterocycles. The van der Waals surface area contributed by atoms with E-state index in [1.54, 1.807) is 13.8 Å². The highest BCUT2D eigenvalue weighted by Gasteiger charge is 2.16. The van der Waals surface area contributed by atoms with Gasteiger partial charge in [0.05, 0.1) is 11.5 Å². The lowest BCUT2D eigenvalue weighted by Gasteiger charge is -2.14. The van der Waals surface area contributed by atoms with Gasteiger partial charge < -0.3 is 15.1 Å². The van der Waals surface area contributed by atoms with Crippen LogP contribution < -0.4 is 0 Å². The molecule has 0 amide bonds. The summed E-state index contributed by atoms with van der Waals surface area (Å²) in [4.78, 5) is 25.9. The summed E-state index contributed by atoms with van der Waals surface area (Å²) in [5.41, 5.74) is 0. The van der Waals surface area contributed by atoms with E-state index in [-0.39, 0.29) is 17.9 Å². The number of nitrogens with zero attached hydrogens (tertiary/aromatic N) is 3. The number of carbonyl (C=O) groups excluding carboxylic acids is 1. The van der Waals surface area contributed by atoms with Crippen LogP contribution in [0.2, 0.25) is 0 Å². The molecule has 0 radical (unpaired) electrons. The van der Waals surface area contributed by atoms with Gasteiger partial charge in [-0.15, -0.1) is 5.01 Å². The van der Waals surface area contributed by atoms with Crippen molar-refractivity contribution in [1.82, 2.24) is 5.01 Å². The zero-order valence-electron chi connectivity index (χ0n) is 10.5. The Morgan fingerprint density at radius 1 is 1.50 bits per heavy atom. The van der Waals surface area contributed by atoms with Gasteiger partial charge in [-0.2, -0.15) is 0 Å². The average Bonchev–Trinajstić information content (AvgIpc) is 2.32. The summed E-state index contributed by atoms with van der Waals surface area (Å²) in [7, 11) is 0. The van der Waals surface area contributed by atoms with Crippen molar-refractivity contribution in [2.24, 2.45) is 5.28 Å². The van der Waals surface area contributed by atoms with E-state index in [4.69, 9.17) is 5.11 Å². The molecule has 18 heavy (non-hydrogen) atoms. The predicted octanol–water partition coefficient (Wildman–Crippen LogP) is 0.501. The molecule has 1 N–H and O–H groups in total. The third-order valence-corrected chi connectivity index (χ3v) is 1.78. The third-order valence-electron chi connectivity index (χ3n) is 1.78. The maximum atomic E-state index is 11.3. The fourth-order valence-corrected chi connectivity index (χ4v) is 0.898. The SMILES string of the molecule is CCC(=O)OC(C)ON=[N+]([O-])N(CC)CC(=O)O. The van der Waals surface area contributed by atoms with Gasteiger partial charge in [0, 0.05) is 13.3 Å². The minimum Gasteiger partial charge on any atom is -0.569 e. The maximum absolute atomic E-state index is 11.3. The second-order valence-corrected chi connectivity index (χ2v) is 3.23. The first kappa shape index (κ1) is 15.9. The van der Waals surface area contributed by atoms with Crippen molar-refractivity contribution in [1.29, 1.82) is 0 Å². The van der Waals surface area contributed by atoms with Gasteiger partial charge in [-0.3, -0.25) is 14.4 Å². The van der Waals surface area contributed by atoms with Gasteiger partial charge in [-0.05, 0) is 6.92 Å². The number of esters is 1. The molecule has 0 aromatic rings. The Morgan fingerprint density at radius 2 is 2.11 bits per heavy atom. The number of carboxylic acids is 1. The highest BCUT2D eigenvalue weighted by atomic mass is 16.8. The molecule has 0 heterocycles. The van der Waals surface area contributed by atoms with Crippen LogP contribution >= 0.6 is 0 Å². The lowest BCUT2D eigenvalue weighted by molar-refractivity contribution is -0.710. The quantitative estimate of drug-likeness (QED) is 0.223. The molecule has 0 aliphatic carbocycles. The first-order valence-corrected chi connectivity index (χ1v) is 5.40. The van der Waals surface area contributed by atoms with Crippen LogP contribution in [0.5, 0.6) is 0 Å². The monoisotopic (exact) mass is 263 g/mol. The van der Waals surface area contributed by atoms with Gasteiger partial charge in [-0.25, -0.2) is 0 Å². The van der Waals surface area contributed by atoms with E-state index >= 15 is 0 Å². The van der Waals surface area contributed by atoms with Crippen LogP contribution in [0, 0.1) is 5.21 Å². The van der Waals surface area contributed by atoms with E-state index in [0.29, 0.717) is 0 Å². The summed E-state index contributed by atoms with van der Waals surface area (Å²) >= 11 is 0. The number of hydrogen-bond acceptors (Lipinski definition) is 6. The molecule has 0 aromatic carbocycles. The van der Waals surface area contributed by atoms with E-state index in [9.17, 15) is 14.8 Å². The van der Waals surface area contributed by atoms with E-state index < -0.39 is 24.8 Å². The molecule has 0 spiro atoms. The van der Waals surface area contributed by atoms with E-state index in [1.807, 2.05) is 0 Å². The molecule has 0 fully saturated rings. The largest absolute Gasteiger partial charge is 0.569 e. The van der Waals surface area contributed by atoms with E-state index in [0.717, 1.165) is 5.01 Å². The van der Waals surface area contributed by atoms with E-state index in [1.165, 1.54) is 6.92 Å². The number of carboxylic acid groups (broad SMARTS) is 1. The van der Waals surface area contributed by atoms with Crippen molar-refractivity contribution in [2.75, 3.05) is 13.1 Å². The van der Waals surface area contributed by atoms with Gasteiger partial charge in [0.25, 0.3) is 6.29 Å². The molecule has 104 valence electrons. The van der Waals surface area contributed by atoms with Crippen molar-refractivity contribution in [3.8, 4) is 0 Å². The Hall–Kier alpha value is -2.06. The molecule has 9 heteroatoms. The number of carbonyl (C=O) groups is 2. The Balaban J connectivity index is 4.30. The minimum atomic E-state index is -1.17. The Morgan fingerprint density at radius 3 is 2.56 bits per heavy atom. The Kier molecular flexibility index (Phi) is 7.17. The Bertz CT molecular complexity index is 319. The van der Waals surface area contributed by atoms with Gasteiger partial charge in [0.15, 0.2) is 6.54 Å². The zero-order chi connectivity index (χ0) is 14.1. The van der Waals surface area contributed by atoms with Gasteiger partial charge >= 0.3 is 11.9 Å². The summed E-state index contributed by atoms with van der Waals surface area (Å²) in [6, 6.07) is 0. The summed E-state index contributed by atoms with van der Waals surface area (Å²) in [5, 5.41) is 23.8. The lowest BCUT2D eigenvalue weighted by atomic mass is 10.5. The lowest BCUT2D eigenvalue weighted by Crippen LogP contribution is -2.35. The molecular formula is C9H17N3O6. The average molecular weight is 263 g/mol. The van der Waals surface area contributed by atoms with Crippen molar-refractivity contribution in [3.63, 3.8) is 0 Å². The molecule has 9 nitrogen and oxygen atoms in total. The van der Waals surface area contributed by atoms with Crippen LogP contribution in [0.1, 0.15) is 27.2 Å². The molecular weight excluding hydrogens is 246 g/mol. The molecule has 0 rings (SSSR count). The number of aliphatic carboxylic acids is 1. The van der Waals surface area contributed by atoms with Crippen LogP contribution in [0.15, 0.2) is 5.28 Å². The summed E-state index contributed by atoms with van der Waals surface area (Å²) in [6.45, 7) is 4.22. The van der Waals surface area contributed by atoms with Crippen LogP contribution in [0.25, 0.3) is 0 Å². The van der Waals surface area contributed by atoms with Crippen molar-refractivity contribution < 1.29 is 29.2 Å². The zero-order valence-corrected chi connectivity index (χ0v) is 10.5. The second kappa shape index (κ2) is 8.09. The highest BCUT2D eigenvalue weighted by Crippen LogP contribution is 1.99. The topological polar surface area (TPSA) is 114 Å². The summed E-state index contributed by atoms with van der Waals surface area (Å²) in [6.07, 6.45) is -0.841. The van der Waals surface area contributed by atoms with Crippen molar-refractivity contribution in [3.05, 3.63) is 5.21 Å². The fraction of sp³-hybridized carbons (Fsp3) is 0.778. The van der Waals surface area contributed by atoms with Crippen molar-refractivity contribution >= 4 is 11.9 Å². The second-order valence-electron chi connectivity index (χ2n) is 3.23. The van der Waals surface area contributed by atoms with Crippen molar-refractivity contribution in [2.45, 2.75) is 33.5 Å². The van der Waals surface area contributed by atoms with Gasteiger partial charge in [0.2, 0.25) is 5.28 Å². The van der Waals surface area contributed by atoms with Gasteiger partial charge in [-0.1, -0.05) is 6.92 Å². The first-order valence-electron chi connectivity index (χ1n) is 5.40. The van der Waals surface area contributed by atoms with Crippen LogP contribution in [-0.4, -0.2) is 46.4 Å². The van der Waals surface area contributed by atoms with Crippen LogP contribution in [-0.2, 0) is 19.2 Å². The highest BCUT2D eigenvalue weighted by molar-refractivity contribution is 5.69. The Labute approximate surface area is 104 Å². The smallest absolute Gasteiger partial charge is 0.329 e. The maximum Gasteiger partial charge on any atom is 0.329 e. The molecule has 0 aromatic heterocycles. The third kappa shape index (κ3) is 6.51. The standard InChI is InChI=1S/C9H17N3O6/c1-4-9(15)17-7(3)18-10-12(16)11(5-2)6-8(13)14/h7H,4-6H2,1-3H3,(H,13,14). The molecule has 1 unspecified atom stereocenters. The number of rotatable bonds is 8. The fourth-order valence-electron chi connectivity index (χ4n) is 0.898. The summed E-state index contributed by atoms with van der Waals surface area (Å²) in [5.74, 6) is -1.66. The normalized spacial score (nSPS) is 12.7. The number of likely N-dealkylation sites (N-methyl/N-ethyl adjacent to an activating group) is 1. The van der Waals surface area contributed by atoms with Crippen LogP contribution in [0.4, 0.5) is 0 Å². The molecule has 0 bridgehead atoms. The van der Waals surface area contributed by atoms with Crippen LogP contribution in [0.3, 0.4) is 0 Å². The summed E-state index contributed by atoms with van der Waals surface area (Å²) < 4.78 is 4.69. The minimum absolute atomic E-state index is 0.00437. The number of hydrogen-bond donors (Lipinski definition) is 1. The molecule has 1 atom stereocenters. The predicted molar refractivity (Wildman–Crippen MR) is 57.9 cm³/mol. The molecule has 0 saturated heterocycles. The van der Waals surface area contributed by atoms with E-state index in [2.05, 4.69) is 14.9 Å². The molecule has 0 aliphatic rings. The first-order chi connectivity index (χ1) is 8.40.